The second-order valence-electron chi connectivity index (χ2n) is 6.21. The molecule has 0 amide bonds. The SMILES string of the molecule is CC[C@H](Sc1nc2c([nH]c3ccccc32)c(=O)n1-c1ccccc1F)C(=O)[O-]. The van der Waals surface area contributed by atoms with Crippen LogP contribution in [0.5, 0.6) is 0 Å². The molecule has 0 radical (unpaired) electrons. The van der Waals surface area contributed by atoms with Gasteiger partial charge >= 0.3 is 0 Å². The highest BCUT2D eigenvalue weighted by Gasteiger charge is 2.21. The maximum Gasteiger partial charge on any atom is 0.283 e. The molecule has 0 aliphatic rings. The summed E-state index contributed by atoms with van der Waals surface area (Å²) < 4.78 is 15.6. The van der Waals surface area contributed by atoms with E-state index < -0.39 is 22.6 Å². The van der Waals surface area contributed by atoms with Crippen LogP contribution in [0.1, 0.15) is 13.3 Å². The molecule has 0 saturated carbocycles. The number of carboxylic acid groups (broad SMARTS) is 1. The summed E-state index contributed by atoms with van der Waals surface area (Å²) in [7, 11) is 0. The fourth-order valence-corrected chi connectivity index (χ4v) is 4.04. The molecule has 142 valence electrons. The molecule has 6 nitrogen and oxygen atoms in total. The van der Waals surface area contributed by atoms with E-state index in [2.05, 4.69) is 9.97 Å². The van der Waals surface area contributed by atoms with E-state index in [1.807, 2.05) is 24.3 Å². The minimum atomic E-state index is -1.26. The number of para-hydroxylation sites is 2. The van der Waals surface area contributed by atoms with E-state index in [1.165, 1.54) is 18.2 Å². The van der Waals surface area contributed by atoms with Gasteiger partial charge in [-0.15, -0.1) is 0 Å². The van der Waals surface area contributed by atoms with Gasteiger partial charge in [0.25, 0.3) is 5.56 Å². The number of aliphatic carboxylic acids is 1. The Hall–Kier alpha value is -3.13. The van der Waals surface area contributed by atoms with Crippen LogP contribution in [0.25, 0.3) is 27.6 Å². The van der Waals surface area contributed by atoms with Crippen molar-refractivity contribution in [2.24, 2.45) is 0 Å². The summed E-state index contributed by atoms with van der Waals surface area (Å²) in [5, 5.41) is 11.3. The molecule has 1 N–H and O–H groups in total. The number of fused-ring (bicyclic) bond motifs is 3. The number of carbonyl (C=O) groups is 1. The molecule has 2 aromatic heterocycles. The average molecular weight is 396 g/mol. The zero-order valence-corrected chi connectivity index (χ0v) is 15.6. The molecule has 0 fully saturated rings. The maximum absolute atomic E-state index is 14.5. The Kier molecular flexibility index (Phi) is 4.64. The van der Waals surface area contributed by atoms with E-state index in [4.69, 9.17) is 0 Å². The van der Waals surface area contributed by atoms with Gasteiger partial charge in [-0.1, -0.05) is 49.0 Å². The molecule has 2 heterocycles. The van der Waals surface area contributed by atoms with Gasteiger partial charge in [0.1, 0.15) is 16.9 Å². The largest absolute Gasteiger partial charge is 0.549 e. The summed E-state index contributed by atoms with van der Waals surface area (Å²) in [5.74, 6) is -1.87. The first kappa shape index (κ1) is 18.2. The number of benzene rings is 2. The fourth-order valence-electron chi connectivity index (χ4n) is 3.09. The van der Waals surface area contributed by atoms with Crippen molar-refractivity contribution in [2.45, 2.75) is 23.8 Å². The monoisotopic (exact) mass is 396 g/mol. The van der Waals surface area contributed by atoms with Crippen molar-refractivity contribution < 1.29 is 14.3 Å². The van der Waals surface area contributed by atoms with Crippen LogP contribution in [0.3, 0.4) is 0 Å². The molecule has 4 rings (SSSR count). The summed E-state index contributed by atoms with van der Waals surface area (Å²) in [6.45, 7) is 1.70. The molecule has 8 heteroatoms. The number of rotatable bonds is 5. The van der Waals surface area contributed by atoms with Crippen molar-refractivity contribution in [3.05, 3.63) is 64.7 Å². The summed E-state index contributed by atoms with van der Waals surface area (Å²) in [6.07, 6.45) is 0.270. The van der Waals surface area contributed by atoms with Crippen molar-refractivity contribution in [2.75, 3.05) is 0 Å². The van der Waals surface area contributed by atoms with Crippen molar-refractivity contribution in [3.8, 4) is 5.69 Å². The number of nitrogens with one attached hydrogen (secondary N) is 1. The van der Waals surface area contributed by atoms with Gasteiger partial charge in [0.2, 0.25) is 0 Å². The van der Waals surface area contributed by atoms with Crippen molar-refractivity contribution >= 4 is 39.7 Å². The number of thioether (sulfide) groups is 1. The van der Waals surface area contributed by atoms with E-state index in [0.29, 0.717) is 5.52 Å². The maximum atomic E-state index is 14.5. The van der Waals surface area contributed by atoms with Crippen LogP contribution in [-0.2, 0) is 4.79 Å². The quantitative estimate of drug-likeness (QED) is 0.414. The van der Waals surface area contributed by atoms with Gasteiger partial charge in [0, 0.05) is 10.9 Å². The van der Waals surface area contributed by atoms with Crippen molar-refractivity contribution in [1.29, 1.82) is 0 Å². The molecule has 1 atom stereocenters. The number of halogens is 1. The second kappa shape index (κ2) is 7.12. The first-order valence-electron chi connectivity index (χ1n) is 8.67. The highest BCUT2D eigenvalue weighted by atomic mass is 32.2. The molecule has 2 aromatic carbocycles. The number of carbonyl (C=O) groups excluding carboxylic acids is 1. The second-order valence-corrected chi connectivity index (χ2v) is 7.38. The predicted octanol–water partition coefficient (Wildman–Crippen LogP) is 2.63. The zero-order chi connectivity index (χ0) is 19.8. The highest BCUT2D eigenvalue weighted by Crippen LogP contribution is 2.29. The molecule has 0 unspecified atom stereocenters. The molecule has 0 bridgehead atoms. The zero-order valence-electron chi connectivity index (χ0n) is 14.8. The lowest BCUT2D eigenvalue weighted by molar-refractivity contribution is -0.304. The van der Waals surface area contributed by atoms with E-state index in [0.717, 1.165) is 27.2 Å². The topological polar surface area (TPSA) is 90.8 Å². The van der Waals surface area contributed by atoms with Crippen LogP contribution in [0, 0.1) is 5.82 Å². The van der Waals surface area contributed by atoms with Crippen molar-refractivity contribution in [1.82, 2.24) is 14.5 Å². The lowest BCUT2D eigenvalue weighted by atomic mass is 10.2. The first-order chi connectivity index (χ1) is 13.5. The third kappa shape index (κ3) is 2.95. The molecule has 0 aliphatic heterocycles. The Balaban J connectivity index is 2.07. The number of aromatic nitrogens is 3. The van der Waals surface area contributed by atoms with E-state index in [-0.39, 0.29) is 22.8 Å². The highest BCUT2D eigenvalue weighted by molar-refractivity contribution is 8.00. The molecular weight excluding hydrogens is 381 g/mol. The standard InChI is InChI=1S/C20H16FN3O3S/c1-2-15(19(26)27)28-20-23-16-11-7-3-5-9-13(11)22-17(16)18(25)24(20)14-10-6-4-8-12(14)21/h3-10,15,22H,2H2,1H3,(H,26,27)/p-1/t15-/m0/s1. The van der Waals surface area contributed by atoms with E-state index >= 15 is 0 Å². The Bertz CT molecular complexity index is 1260. The van der Waals surface area contributed by atoms with Gasteiger partial charge in [-0.05, 0) is 24.6 Å². The smallest absolute Gasteiger partial charge is 0.283 e. The van der Waals surface area contributed by atoms with Crippen LogP contribution < -0.4 is 10.7 Å². The summed E-state index contributed by atoms with van der Waals surface area (Å²) in [5.41, 5.74) is 0.883. The number of hydrogen-bond donors (Lipinski definition) is 1. The third-order valence-electron chi connectivity index (χ3n) is 4.47. The van der Waals surface area contributed by atoms with Crippen LogP contribution in [0.2, 0.25) is 0 Å². The minimum absolute atomic E-state index is 0.0104. The third-order valence-corrected chi connectivity index (χ3v) is 5.76. The fraction of sp³-hybridized carbons (Fsp3) is 0.150. The van der Waals surface area contributed by atoms with Gasteiger partial charge in [-0.3, -0.25) is 9.36 Å². The van der Waals surface area contributed by atoms with Crippen LogP contribution >= 0.6 is 11.8 Å². The van der Waals surface area contributed by atoms with Gasteiger partial charge in [0.05, 0.1) is 16.9 Å². The summed E-state index contributed by atoms with van der Waals surface area (Å²) >= 11 is 0.877. The molecule has 0 aliphatic carbocycles. The summed E-state index contributed by atoms with van der Waals surface area (Å²) in [4.78, 5) is 32.3. The first-order valence-corrected chi connectivity index (χ1v) is 9.55. The Morgan fingerprint density at radius 3 is 2.68 bits per heavy atom. The van der Waals surface area contributed by atoms with Gasteiger partial charge in [0.15, 0.2) is 5.16 Å². The Morgan fingerprint density at radius 1 is 1.25 bits per heavy atom. The van der Waals surface area contributed by atoms with Crippen LogP contribution in [-0.4, -0.2) is 25.8 Å². The summed E-state index contributed by atoms with van der Waals surface area (Å²) in [6, 6.07) is 13.1. The Morgan fingerprint density at radius 2 is 1.96 bits per heavy atom. The molecule has 0 spiro atoms. The molecular formula is C20H15FN3O3S-. The minimum Gasteiger partial charge on any atom is -0.549 e. The predicted molar refractivity (Wildman–Crippen MR) is 104 cm³/mol. The van der Waals surface area contributed by atoms with Gasteiger partial charge in [-0.25, -0.2) is 9.37 Å². The van der Waals surface area contributed by atoms with Gasteiger partial charge in [-0.2, -0.15) is 0 Å². The molecule has 0 saturated heterocycles. The number of hydrogen-bond acceptors (Lipinski definition) is 5. The lowest BCUT2D eigenvalue weighted by Gasteiger charge is -2.18. The van der Waals surface area contributed by atoms with E-state index in [1.54, 1.807) is 13.0 Å². The lowest BCUT2D eigenvalue weighted by Crippen LogP contribution is -2.34. The number of aromatic amines is 1. The van der Waals surface area contributed by atoms with Crippen LogP contribution in [0.15, 0.2) is 58.5 Å². The van der Waals surface area contributed by atoms with Crippen molar-refractivity contribution in [3.63, 3.8) is 0 Å². The number of nitrogens with zero attached hydrogens (tertiary/aromatic N) is 2. The Labute approximate surface area is 163 Å². The number of carboxylic acids is 1. The molecule has 28 heavy (non-hydrogen) atoms. The normalized spacial score (nSPS) is 12.5. The van der Waals surface area contributed by atoms with Crippen LogP contribution in [0.4, 0.5) is 4.39 Å². The molecule has 4 aromatic rings. The van der Waals surface area contributed by atoms with Gasteiger partial charge < -0.3 is 14.9 Å². The average Bonchev–Trinajstić information content (AvgIpc) is 3.06. The van der Waals surface area contributed by atoms with E-state index in [9.17, 15) is 19.1 Å². The number of H-pyrrole nitrogens is 1.